The Morgan fingerprint density at radius 1 is 0.667 bits per heavy atom. The molecule has 3 aromatic carbocycles. The second kappa shape index (κ2) is 6.88. The normalized spacial score (nSPS) is 16.7. The van der Waals surface area contributed by atoms with Gasteiger partial charge in [0.05, 0.1) is 5.69 Å². The maximum Gasteiger partial charge on any atom is 0.337 e. The molecule has 132 valence electrons. The number of para-hydroxylation sites is 2. The largest absolute Gasteiger partial charge is 0.337 e. The molecule has 1 atom stereocenters. The number of anilines is 2. The molecule has 0 aromatic heterocycles. The summed E-state index contributed by atoms with van der Waals surface area (Å²) in [5.74, 6) is -0.958. The quantitative estimate of drug-likeness (QED) is 0.405. The van der Waals surface area contributed by atoms with Gasteiger partial charge < -0.3 is 0 Å². The molecule has 5 nitrogen and oxygen atoms in total. The minimum absolute atomic E-state index is 0.388. The average Bonchev–Trinajstić information content (AvgIpc) is 2.99. The van der Waals surface area contributed by atoms with Crippen molar-refractivity contribution in [1.29, 1.82) is 0 Å². The smallest absolute Gasteiger partial charge is 0.291 e. The van der Waals surface area contributed by atoms with Gasteiger partial charge in [0.2, 0.25) is 0 Å². The lowest BCUT2D eigenvalue weighted by molar-refractivity contribution is -0.117. The third-order valence-electron chi connectivity index (χ3n) is 4.47. The Bertz CT molecular complexity index is 988. The van der Waals surface area contributed by atoms with Crippen LogP contribution in [0.3, 0.4) is 0 Å². The molecule has 1 saturated heterocycles. The fraction of sp³-hybridized carbons (Fsp3) is 0.0455. The summed E-state index contributed by atoms with van der Waals surface area (Å²) in [6.45, 7) is 0. The van der Waals surface area contributed by atoms with E-state index in [-0.39, 0.29) is 0 Å². The van der Waals surface area contributed by atoms with Crippen LogP contribution in [0.25, 0.3) is 0 Å². The molecule has 3 aromatic rings. The maximum atomic E-state index is 13.2. The lowest BCUT2D eigenvalue weighted by Crippen LogP contribution is -2.41. The van der Waals surface area contributed by atoms with Crippen molar-refractivity contribution in [3.05, 3.63) is 96.6 Å². The van der Waals surface area contributed by atoms with Gasteiger partial charge in [0.15, 0.2) is 11.8 Å². The number of hydrogen-bond donors (Lipinski definition) is 0. The summed E-state index contributed by atoms with van der Waals surface area (Å²) in [6, 6.07) is 24.2. The van der Waals surface area contributed by atoms with Crippen molar-refractivity contribution in [2.45, 2.75) is 6.04 Å². The molecule has 3 amide bonds. The van der Waals surface area contributed by atoms with Gasteiger partial charge in [-0.25, -0.2) is 9.69 Å². The molecule has 4 rings (SSSR count). The zero-order valence-electron chi connectivity index (χ0n) is 14.4. The molecular weight excluding hydrogens is 340 g/mol. The van der Waals surface area contributed by atoms with Crippen molar-refractivity contribution in [3.63, 3.8) is 0 Å². The Balaban J connectivity index is 1.82. The van der Waals surface area contributed by atoms with Crippen LogP contribution in [0.15, 0.2) is 91.0 Å². The molecule has 1 aliphatic rings. The number of benzene rings is 3. The standard InChI is InChI=1S/C22H16N2O3/c25-20(16-10-4-1-5-11-16)19-21(26)24(18-14-8-3-9-15-18)22(27)23(19)17-12-6-2-7-13-17/h1-15,19H/t19-/m0/s1. The van der Waals surface area contributed by atoms with Crippen LogP contribution in [0.2, 0.25) is 0 Å². The van der Waals surface area contributed by atoms with E-state index in [1.54, 1.807) is 84.9 Å². The maximum absolute atomic E-state index is 13.2. The lowest BCUT2D eigenvalue weighted by atomic mass is 10.0. The highest BCUT2D eigenvalue weighted by Gasteiger charge is 2.50. The highest BCUT2D eigenvalue weighted by Crippen LogP contribution is 2.31. The van der Waals surface area contributed by atoms with Gasteiger partial charge in [0.1, 0.15) is 0 Å². The third kappa shape index (κ3) is 2.89. The zero-order chi connectivity index (χ0) is 18.8. The van der Waals surface area contributed by atoms with Gasteiger partial charge in [-0.2, -0.15) is 0 Å². The van der Waals surface area contributed by atoms with E-state index in [0.717, 1.165) is 4.90 Å². The fourth-order valence-corrected chi connectivity index (χ4v) is 3.20. The predicted octanol–water partition coefficient (Wildman–Crippen LogP) is 3.91. The third-order valence-corrected chi connectivity index (χ3v) is 4.47. The molecule has 27 heavy (non-hydrogen) atoms. The Morgan fingerprint density at radius 3 is 1.70 bits per heavy atom. The van der Waals surface area contributed by atoms with E-state index in [2.05, 4.69) is 0 Å². The number of urea groups is 1. The summed E-state index contributed by atoms with van der Waals surface area (Å²) in [7, 11) is 0. The van der Waals surface area contributed by atoms with Gasteiger partial charge in [0.25, 0.3) is 5.91 Å². The average molecular weight is 356 g/mol. The number of nitrogens with zero attached hydrogens (tertiary/aromatic N) is 2. The van der Waals surface area contributed by atoms with Crippen LogP contribution in [-0.4, -0.2) is 23.8 Å². The van der Waals surface area contributed by atoms with Gasteiger partial charge in [-0.1, -0.05) is 66.7 Å². The van der Waals surface area contributed by atoms with Crippen molar-refractivity contribution in [1.82, 2.24) is 0 Å². The van der Waals surface area contributed by atoms with Crippen molar-refractivity contribution in [2.75, 3.05) is 9.80 Å². The van der Waals surface area contributed by atoms with Gasteiger partial charge in [-0.15, -0.1) is 0 Å². The van der Waals surface area contributed by atoms with E-state index >= 15 is 0 Å². The van der Waals surface area contributed by atoms with Crippen LogP contribution < -0.4 is 9.80 Å². The first-order valence-electron chi connectivity index (χ1n) is 8.55. The minimum Gasteiger partial charge on any atom is -0.291 e. The summed E-state index contributed by atoms with van der Waals surface area (Å²) in [5, 5.41) is 0. The highest BCUT2D eigenvalue weighted by atomic mass is 16.2. The lowest BCUT2D eigenvalue weighted by Gasteiger charge is -2.21. The molecule has 0 aliphatic carbocycles. The first-order valence-corrected chi connectivity index (χ1v) is 8.55. The molecule has 0 unspecified atom stereocenters. The van der Waals surface area contributed by atoms with Crippen molar-refractivity contribution >= 4 is 29.1 Å². The zero-order valence-corrected chi connectivity index (χ0v) is 14.4. The topological polar surface area (TPSA) is 57.7 Å². The van der Waals surface area contributed by atoms with Gasteiger partial charge in [-0.05, 0) is 24.3 Å². The van der Waals surface area contributed by atoms with Crippen molar-refractivity contribution in [2.24, 2.45) is 0 Å². The van der Waals surface area contributed by atoms with Gasteiger partial charge in [-0.3, -0.25) is 14.5 Å². The molecular formula is C22H16N2O3. The number of imide groups is 1. The first kappa shape index (κ1) is 16.7. The highest BCUT2D eigenvalue weighted by molar-refractivity contribution is 6.36. The van der Waals surface area contributed by atoms with E-state index in [0.29, 0.717) is 16.9 Å². The second-order valence-electron chi connectivity index (χ2n) is 6.13. The molecule has 0 spiro atoms. The number of amides is 3. The molecule has 0 N–H and O–H groups in total. The van der Waals surface area contributed by atoms with E-state index in [4.69, 9.17) is 0 Å². The van der Waals surface area contributed by atoms with E-state index in [9.17, 15) is 14.4 Å². The molecule has 0 saturated carbocycles. The second-order valence-corrected chi connectivity index (χ2v) is 6.13. The monoisotopic (exact) mass is 356 g/mol. The van der Waals surface area contributed by atoms with Crippen molar-refractivity contribution < 1.29 is 14.4 Å². The summed E-state index contributed by atoms with van der Waals surface area (Å²) >= 11 is 0. The molecule has 1 aliphatic heterocycles. The number of rotatable bonds is 4. The van der Waals surface area contributed by atoms with Gasteiger partial charge in [0, 0.05) is 11.3 Å². The Labute approximate surface area is 156 Å². The van der Waals surface area contributed by atoms with Gasteiger partial charge >= 0.3 is 6.03 Å². The first-order chi connectivity index (χ1) is 13.2. The van der Waals surface area contributed by atoms with E-state index in [1.165, 1.54) is 4.90 Å². The Hall–Kier alpha value is -3.73. The summed E-state index contributed by atoms with van der Waals surface area (Å²) in [6.07, 6.45) is 0. The van der Waals surface area contributed by atoms with Crippen LogP contribution in [0.1, 0.15) is 10.4 Å². The summed E-state index contributed by atoms with van der Waals surface area (Å²) < 4.78 is 0. The number of carbonyl (C=O) groups is 3. The van der Waals surface area contributed by atoms with Crippen LogP contribution in [0, 0.1) is 0 Å². The van der Waals surface area contributed by atoms with Crippen LogP contribution in [0.4, 0.5) is 16.2 Å². The molecule has 1 fully saturated rings. The molecule has 0 bridgehead atoms. The van der Waals surface area contributed by atoms with Crippen molar-refractivity contribution in [3.8, 4) is 0 Å². The Kier molecular flexibility index (Phi) is 4.26. The Morgan fingerprint density at radius 2 is 1.15 bits per heavy atom. The van der Waals surface area contributed by atoms with E-state index < -0.39 is 23.8 Å². The number of Topliss-reactive ketones (excluding diaryl/α,β-unsaturated/α-hetero) is 1. The molecule has 1 heterocycles. The summed E-state index contributed by atoms with van der Waals surface area (Å²) in [5.41, 5.74) is 1.33. The molecule has 5 heteroatoms. The number of ketones is 1. The number of carbonyl (C=O) groups excluding carboxylic acids is 3. The SMILES string of the molecule is O=C(c1ccccc1)[C@H]1C(=O)N(c2ccccc2)C(=O)N1c1ccccc1. The van der Waals surface area contributed by atoms with E-state index in [1.807, 2.05) is 6.07 Å². The van der Waals surface area contributed by atoms with Crippen LogP contribution in [-0.2, 0) is 4.79 Å². The minimum atomic E-state index is -1.23. The van der Waals surface area contributed by atoms with Crippen LogP contribution >= 0.6 is 0 Å². The fourth-order valence-electron chi connectivity index (χ4n) is 3.20. The molecule has 0 radical (unpaired) electrons. The van der Waals surface area contributed by atoms with Crippen LogP contribution in [0.5, 0.6) is 0 Å². The predicted molar refractivity (Wildman–Crippen MR) is 103 cm³/mol. The summed E-state index contributed by atoms with van der Waals surface area (Å²) in [4.78, 5) is 41.8. The number of hydrogen-bond acceptors (Lipinski definition) is 3.